The predicted octanol–water partition coefficient (Wildman–Crippen LogP) is 5.46. The third-order valence-electron chi connectivity index (χ3n) is 3.99. The van der Waals surface area contributed by atoms with E-state index in [9.17, 15) is 14.0 Å². The molecule has 10 heteroatoms. The van der Waals surface area contributed by atoms with Crippen molar-refractivity contribution in [2.75, 3.05) is 5.32 Å². The van der Waals surface area contributed by atoms with Crippen LogP contribution in [0.3, 0.4) is 0 Å². The van der Waals surface area contributed by atoms with Crippen molar-refractivity contribution in [3.63, 3.8) is 0 Å². The molecule has 3 rings (SSSR count). The fourth-order valence-corrected chi connectivity index (χ4v) is 3.00. The molecule has 0 saturated heterocycles. The number of halogens is 3. The van der Waals surface area contributed by atoms with Gasteiger partial charge in [0.1, 0.15) is 22.7 Å². The second kappa shape index (κ2) is 9.43. The lowest BCUT2D eigenvalue weighted by Crippen LogP contribution is -2.35. The number of nitriles is 1. The van der Waals surface area contributed by atoms with Gasteiger partial charge in [-0.25, -0.2) is 14.2 Å². The number of carbonyl (C=O) groups is 2. The number of nitrogens with zero attached hydrogens (tertiary/aromatic N) is 2. The molecule has 0 radical (unpaired) electrons. The minimum atomic E-state index is -0.973. The van der Waals surface area contributed by atoms with Gasteiger partial charge in [-0.3, -0.25) is 10.1 Å². The van der Waals surface area contributed by atoms with Crippen molar-refractivity contribution in [2.24, 2.45) is 0 Å². The van der Waals surface area contributed by atoms with E-state index in [1.807, 2.05) is 11.4 Å². The summed E-state index contributed by atoms with van der Waals surface area (Å²) < 4.78 is 19.5. The minimum Gasteiger partial charge on any atom is -0.437 e. The van der Waals surface area contributed by atoms with Gasteiger partial charge in [0.2, 0.25) is 5.88 Å². The van der Waals surface area contributed by atoms with Gasteiger partial charge in [-0.2, -0.15) is 5.26 Å². The zero-order chi connectivity index (χ0) is 22.5. The largest absolute Gasteiger partial charge is 0.437 e. The molecular formula is C21H13Cl2FN4O3. The zero-order valence-electron chi connectivity index (χ0n) is 15.9. The quantitative estimate of drug-likeness (QED) is 0.539. The van der Waals surface area contributed by atoms with Gasteiger partial charge in [-0.1, -0.05) is 29.3 Å². The number of hydrogen-bond acceptors (Lipinski definition) is 5. The average Bonchev–Trinajstić information content (AvgIpc) is 2.71. The maximum Gasteiger partial charge on any atom is 0.326 e. The molecule has 2 N–H and O–H groups in total. The molecule has 7 nitrogen and oxygen atoms in total. The van der Waals surface area contributed by atoms with E-state index in [0.717, 1.165) is 6.07 Å². The molecule has 0 aliphatic rings. The lowest BCUT2D eigenvalue weighted by atomic mass is 10.2. The van der Waals surface area contributed by atoms with Crippen LogP contribution >= 0.6 is 23.2 Å². The number of rotatable bonds is 4. The van der Waals surface area contributed by atoms with Crippen LogP contribution in [-0.2, 0) is 0 Å². The van der Waals surface area contributed by atoms with Crippen LogP contribution in [0.5, 0.6) is 11.6 Å². The Morgan fingerprint density at radius 3 is 2.58 bits per heavy atom. The molecule has 0 aliphatic heterocycles. The van der Waals surface area contributed by atoms with Crippen molar-refractivity contribution < 1.29 is 18.7 Å². The number of hydrogen-bond donors (Lipinski definition) is 2. The lowest BCUT2D eigenvalue weighted by Gasteiger charge is -2.12. The van der Waals surface area contributed by atoms with Crippen molar-refractivity contribution in [1.29, 1.82) is 5.26 Å². The molecule has 3 aromatic rings. The number of aryl methyl sites for hydroxylation is 1. The highest BCUT2D eigenvalue weighted by molar-refractivity contribution is 6.34. The van der Waals surface area contributed by atoms with Crippen molar-refractivity contribution >= 4 is 40.8 Å². The maximum atomic E-state index is 13.8. The van der Waals surface area contributed by atoms with Gasteiger partial charge in [0.05, 0.1) is 16.1 Å². The summed E-state index contributed by atoms with van der Waals surface area (Å²) in [6.45, 7) is 1.72. The van der Waals surface area contributed by atoms with Crippen molar-refractivity contribution in [1.82, 2.24) is 10.3 Å². The Hall–Kier alpha value is -3.67. The molecule has 0 atom stereocenters. The smallest absolute Gasteiger partial charge is 0.326 e. The topological polar surface area (TPSA) is 104 Å². The molecule has 0 fully saturated rings. The Balaban J connectivity index is 1.68. The number of nitrogens with one attached hydrogen (secondary N) is 2. The highest BCUT2D eigenvalue weighted by atomic mass is 35.5. The van der Waals surface area contributed by atoms with E-state index in [2.05, 4.69) is 10.3 Å². The number of imide groups is 1. The lowest BCUT2D eigenvalue weighted by molar-refractivity contribution is 0.0963. The highest BCUT2D eigenvalue weighted by Crippen LogP contribution is 2.31. The first-order chi connectivity index (χ1) is 14.8. The summed E-state index contributed by atoms with van der Waals surface area (Å²) in [6.07, 6.45) is 1.33. The van der Waals surface area contributed by atoms with Gasteiger partial charge in [-0.15, -0.1) is 0 Å². The van der Waals surface area contributed by atoms with Crippen molar-refractivity contribution in [3.8, 4) is 17.7 Å². The maximum absolute atomic E-state index is 13.8. The molecule has 31 heavy (non-hydrogen) atoms. The van der Waals surface area contributed by atoms with Gasteiger partial charge < -0.3 is 10.1 Å². The fraction of sp³-hybridized carbons (Fsp3) is 0.0476. The van der Waals surface area contributed by atoms with Crippen LogP contribution in [-0.4, -0.2) is 16.9 Å². The third kappa shape index (κ3) is 5.28. The minimum absolute atomic E-state index is 0.113. The fourth-order valence-electron chi connectivity index (χ4n) is 2.55. The summed E-state index contributed by atoms with van der Waals surface area (Å²) in [7, 11) is 0. The van der Waals surface area contributed by atoms with Gasteiger partial charge in [0, 0.05) is 11.9 Å². The van der Waals surface area contributed by atoms with Crippen LogP contribution in [0.25, 0.3) is 0 Å². The number of carbonyl (C=O) groups excluding carboxylic acids is 2. The normalized spacial score (nSPS) is 10.2. The summed E-state index contributed by atoms with van der Waals surface area (Å²) in [6, 6.07) is 10.9. The van der Waals surface area contributed by atoms with Crippen LogP contribution in [0.1, 0.15) is 21.5 Å². The SMILES string of the molecule is Cc1cc(NC(=O)NC(=O)c2c(F)cccc2Cl)ccc1Oc1ncc(C#N)cc1Cl. The van der Waals surface area contributed by atoms with E-state index >= 15 is 0 Å². The van der Waals surface area contributed by atoms with Crippen LogP contribution in [0.2, 0.25) is 10.0 Å². The summed E-state index contributed by atoms with van der Waals surface area (Å²) in [5.41, 5.74) is 0.856. The van der Waals surface area contributed by atoms with E-state index in [-0.39, 0.29) is 15.9 Å². The number of benzene rings is 2. The summed E-state index contributed by atoms with van der Waals surface area (Å²) >= 11 is 11.9. The molecule has 2 aromatic carbocycles. The molecular weight excluding hydrogens is 446 g/mol. The molecule has 0 aliphatic carbocycles. The van der Waals surface area contributed by atoms with Gasteiger partial charge in [0.15, 0.2) is 0 Å². The second-order valence-corrected chi connectivity index (χ2v) is 7.02. The Morgan fingerprint density at radius 1 is 1.16 bits per heavy atom. The first kappa shape index (κ1) is 22.0. The highest BCUT2D eigenvalue weighted by Gasteiger charge is 2.18. The van der Waals surface area contributed by atoms with Crippen molar-refractivity contribution in [2.45, 2.75) is 6.92 Å². The average molecular weight is 459 g/mol. The third-order valence-corrected chi connectivity index (χ3v) is 4.58. The Bertz CT molecular complexity index is 1210. The number of amides is 3. The number of anilines is 1. The van der Waals surface area contributed by atoms with Gasteiger partial charge >= 0.3 is 6.03 Å². The standard InChI is InChI=1S/C21H13Cl2FN4O3/c1-11-7-13(5-6-17(11)31-20-15(23)8-12(9-25)10-26-20)27-21(30)28-19(29)18-14(22)3-2-4-16(18)24/h2-8,10H,1H3,(H2,27,28,29,30). The number of aromatic nitrogens is 1. The van der Waals surface area contributed by atoms with Crippen LogP contribution in [0, 0.1) is 24.1 Å². The molecule has 1 aromatic heterocycles. The van der Waals surface area contributed by atoms with Crippen molar-refractivity contribution in [3.05, 3.63) is 81.2 Å². The van der Waals surface area contributed by atoms with E-state index in [1.54, 1.807) is 19.1 Å². The van der Waals surface area contributed by atoms with E-state index in [4.69, 9.17) is 33.2 Å². The molecule has 156 valence electrons. The molecule has 3 amide bonds. The van der Waals surface area contributed by atoms with Crippen LogP contribution in [0.15, 0.2) is 48.7 Å². The first-order valence-corrected chi connectivity index (χ1v) is 9.44. The number of ether oxygens (including phenoxy) is 1. The Morgan fingerprint density at radius 2 is 1.94 bits per heavy atom. The summed E-state index contributed by atoms with van der Waals surface area (Å²) in [4.78, 5) is 28.2. The Kier molecular flexibility index (Phi) is 6.70. The molecule has 0 spiro atoms. The molecule has 0 bridgehead atoms. The van der Waals surface area contributed by atoms with E-state index in [0.29, 0.717) is 22.6 Å². The monoisotopic (exact) mass is 458 g/mol. The zero-order valence-corrected chi connectivity index (χ0v) is 17.4. The van der Waals surface area contributed by atoms with Crippen LogP contribution < -0.4 is 15.4 Å². The van der Waals surface area contributed by atoms with Crippen LogP contribution in [0.4, 0.5) is 14.9 Å². The summed E-state index contributed by atoms with van der Waals surface area (Å²) in [5, 5.41) is 13.4. The number of urea groups is 1. The second-order valence-electron chi connectivity index (χ2n) is 6.21. The predicted molar refractivity (Wildman–Crippen MR) is 113 cm³/mol. The Labute approximate surface area is 186 Å². The van der Waals surface area contributed by atoms with E-state index < -0.39 is 23.3 Å². The van der Waals surface area contributed by atoms with Gasteiger partial charge in [-0.05, 0) is 48.9 Å². The summed E-state index contributed by atoms with van der Waals surface area (Å²) in [5.74, 6) is -1.28. The van der Waals surface area contributed by atoms with Gasteiger partial charge in [0.25, 0.3) is 5.91 Å². The first-order valence-electron chi connectivity index (χ1n) is 8.69. The molecule has 0 saturated carbocycles. The van der Waals surface area contributed by atoms with E-state index in [1.165, 1.54) is 30.5 Å². The molecule has 0 unspecified atom stereocenters. The number of pyridine rings is 1. The molecule has 1 heterocycles.